The van der Waals surface area contributed by atoms with Crippen molar-refractivity contribution in [1.82, 2.24) is 0 Å². The van der Waals surface area contributed by atoms with Gasteiger partial charge in [-0.05, 0) is 18.2 Å². The second kappa shape index (κ2) is 4.14. The first-order valence-electron chi connectivity index (χ1n) is 3.32. The monoisotopic (exact) mass is 212 g/mol. The predicted octanol–water partition coefficient (Wildman–Crippen LogP) is 1.94. The molecule has 0 heterocycles. The summed E-state index contributed by atoms with van der Waals surface area (Å²) in [6.45, 7) is 0. The summed E-state index contributed by atoms with van der Waals surface area (Å²) in [6.07, 6.45) is 1.41. The molecule has 13 heavy (non-hydrogen) atoms. The highest BCUT2D eigenvalue weighted by Gasteiger charge is 2.03. The van der Waals surface area contributed by atoms with Gasteiger partial charge in [0.15, 0.2) is 0 Å². The molecule has 0 aromatic heterocycles. The zero-order chi connectivity index (χ0) is 9.84. The highest BCUT2D eigenvalue weighted by atomic mass is 35.5. The van der Waals surface area contributed by atoms with Crippen molar-refractivity contribution in [2.75, 3.05) is 0 Å². The van der Waals surface area contributed by atoms with E-state index in [1.165, 1.54) is 12.1 Å². The topological polar surface area (TPSA) is 55.4 Å². The summed E-state index contributed by atoms with van der Waals surface area (Å²) < 4.78 is 0. The van der Waals surface area contributed by atoms with Crippen molar-refractivity contribution in [2.45, 2.75) is 0 Å². The van der Waals surface area contributed by atoms with E-state index >= 15 is 0 Å². The lowest BCUT2D eigenvalue weighted by molar-refractivity contribution is 0.565. The van der Waals surface area contributed by atoms with Gasteiger partial charge in [-0.1, -0.05) is 23.8 Å². The number of hydrogen-bond acceptors (Lipinski definition) is 3. The molecule has 5 heteroatoms. The Kier molecular flexibility index (Phi) is 3.14. The standard InChI is InChI=1S/C8H5ClN2OS/c9-7-3-5(11-4-12)1-2-6(7)8(10)13/h1-3H,(H2,10,13). The zero-order valence-corrected chi connectivity index (χ0v) is 8.02. The smallest absolute Gasteiger partial charge is 0.240 e. The maximum atomic E-state index is 9.92. The first-order chi connectivity index (χ1) is 6.15. The van der Waals surface area contributed by atoms with E-state index in [4.69, 9.17) is 29.6 Å². The van der Waals surface area contributed by atoms with Crippen molar-refractivity contribution in [1.29, 1.82) is 0 Å². The number of nitrogens with zero attached hydrogens (tertiary/aromatic N) is 1. The maximum absolute atomic E-state index is 9.92. The Morgan fingerprint density at radius 3 is 2.77 bits per heavy atom. The van der Waals surface area contributed by atoms with Crippen LogP contribution in [0.2, 0.25) is 5.02 Å². The van der Waals surface area contributed by atoms with Gasteiger partial charge in [-0.2, -0.15) is 4.99 Å². The first kappa shape index (κ1) is 9.86. The number of aliphatic imine (C=N–C) groups is 1. The summed E-state index contributed by atoms with van der Waals surface area (Å²) in [4.78, 5) is 13.5. The summed E-state index contributed by atoms with van der Waals surface area (Å²) in [5.74, 6) is 0. The lowest BCUT2D eigenvalue weighted by atomic mass is 10.2. The van der Waals surface area contributed by atoms with Gasteiger partial charge in [0, 0.05) is 5.56 Å². The molecule has 0 aliphatic rings. The summed E-state index contributed by atoms with van der Waals surface area (Å²) in [5.41, 5.74) is 6.38. The van der Waals surface area contributed by atoms with Gasteiger partial charge in [0.05, 0.1) is 10.7 Å². The molecule has 0 saturated heterocycles. The van der Waals surface area contributed by atoms with E-state index in [1.807, 2.05) is 0 Å². The molecule has 0 bridgehead atoms. The molecule has 1 aromatic rings. The van der Waals surface area contributed by atoms with Gasteiger partial charge in [0.2, 0.25) is 6.08 Å². The Morgan fingerprint density at radius 2 is 2.31 bits per heavy atom. The van der Waals surface area contributed by atoms with Gasteiger partial charge in [-0.15, -0.1) is 0 Å². The molecule has 1 rings (SSSR count). The molecule has 0 fully saturated rings. The van der Waals surface area contributed by atoms with Crippen LogP contribution in [0.5, 0.6) is 0 Å². The van der Waals surface area contributed by atoms with Gasteiger partial charge in [-0.25, -0.2) is 4.79 Å². The summed E-state index contributed by atoms with van der Waals surface area (Å²) in [5, 5.41) is 0.379. The van der Waals surface area contributed by atoms with Crippen LogP contribution in [0.3, 0.4) is 0 Å². The van der Waals surface area contributed by atoms with Crippen molar-refractivity contribution in [3.8, 4) is 0 Å². The number of halogens is 1. The quantitative estimate of drug-likeness (QED) is 0.463. The van der Waals surface area contributed by atoms with Gasteiger partial charge >= 0.3 is 0 Å². The lowest BCUT2D eigenvalue weighted by Gasteiger charge is -2.00. The Labute approximate surface area is 85.2 Å². The summed E-state index contributed by atoms with van der Waals surface area (Å²) >= 11 is 10.5. The second-order valence-corrected chi connectivity index (χ2v) is 3.08. The summed E-state index contributed by atoms with van der Waals surface area (Å²) in [6, 6.07) is 4.70. The van der Waals surface area contributed by atoms with E-state index < -0.39 is 0 Å². The maximum Gasteiger partial charge on any atom is 0.240 e. The van der Waals surface area contributed by atoms with Crippen molar-refractivity contribution < 1.29 is 4.79 Å². The first-order valence-corrected chi connectivity index (χ1v) is 4.11. The Bertz CT molecular complexity index is 399. The van der Waals surface area contributed by atoms with Crippen molar-refractivity contribution in [3.63, 3.8) is 0 Å². The average molecular weight is 213 g/mol. The van der Waals surface area contributed by atoms with E-state index in [-0.39, 0.29) is 4.99 Å². The van der Waals surface area contributed by atoms with E-state index in [0.29, 0.717) is 16.3 Å². The van der Waals surface area contributed by atoms with E-state index in [2.05, 4.69) is 4.99 Å². The van der Waals surface area contributed by atoms with Gasteiger partial charge in [0.1, 0.15) is 4.99 Å². The number of thiocarbonyl (C=S) groups is 1. The molecular formula is C8H5ClN2OS. The zero-order valence-electron chi connectivity index (χ0n) is 6.45. The number of rotatable bonds is 2. The summed E-state index contributed by atoms with van der Waals surface area (Å²) in [7, 11) is 0. The number of benzene rings is 1. The van der Waals surface area contributed by atoms with Crippen LogP contribution >= 0.6 is 23.8 Å². The van der Waals surface area contributed by atoms with Gasteiger partial charge in [-0.3, -0.25) is 0 Å². The third-order valence-corrected chi connectivity index (χ3v) is 1.93. The lowest BCUT2D eigenvalue weighted by Crippen LogP contribution is -2.09. The molecule has 2 N–H and O–H groups in total. The number of isocyanates is 1. The van der Waals surface area contributed by atoms with Crippen LogP contribution < -0.4 is 5.73 Å². The van der Waals surface area contributed by atoms with Crippen LogP contribution in [0, 0.1) is 0 Å². The fraction of sp³-hybridized carbons (Fsp3) is 0. The van der Waals surface area contributed by atoms with Crippen LogP contribution in [-0.4, -0.2) is 11.1 Å². The van der Waals surface area contributed by atoms with Crippen LogP contribution in [-0.2, 0) is 4.79 Å². The minimum Gasteiger partial charge on any atom is -0.389 e. The van der Waals surface area contributed by atoms with Crippen LogP contribution in [0.4, 0.5) is 5.69 Å². The highest BCUT2D eigenvalue weighted by Crippen LogP contribution is 2.22. The highest BCUT2D eigenvalue weighted by molar-refractivity contribution is 7.80. The van der Waals surface area contributed by atoms with Crippen molar-refractivity contribution in [2.24, 2.45) is 10.7 Å². The van der Waals surface area contributed by atoms with Crippen LogP contribution in [0.15, 0.2) is 23.2 Å². The fourth-order valence-electron chi connectivity index (χ4n) is 0.826. The molecule has 0 radical (unpaired) electrons. The minimum absolute atomic E-state index is 0.214. The minimum atomic E-state index is 0.214. The molecular weight excluding hydrogens is 208 g/mol. The molecule has 0 spiro atoms. The molecule has 0 aliphatic heterocycles. The SMILES string of the molecule is NC(=S)c1ccc(N=C=O)cc1Cl. The molecule has 0 unspecified atom stereocenters. The number of carbonyl (C=O) groups excluding carboxylic acids is 1. The van der Waals surface area contributed by atoms with E-state index in [0.717, 1.165) is 0 Å². The second-order valence-electron chi connectivity index (χ2n) is 2.23. The third kappa shape index (κ3) is 2.36. The van der Waals surface area contributed by atoms with Crippen LogP contribution in [0.1, 0.15) is 5.56 Å². The molecule has 66 valence electrons. The van der Waals surface area contributed by atoms with Crippen molar-refractivity contribution >= 4 is 40.6 Å². The number of nitrogens with two attached hydrogens (primary N) is 1. The van der Waals surface area contributed by atoms with E-state index in [1.54, 1.807) is 12.1 Å². The Balaban J connectivity index is 3.19. The van der Waals surface area contributed by atoms with Crippen LogP contribution in [0.25, 0.3) is 0 Å². The molecule has 0 atom stereocenters. The van der Waals surface area contributed by atoms with Crippen molar-refractivity contribution in [3.05, 3.63) is 28.8 Å². The largest absolute Gasteiger partial charge is 0.389 e. The van der Waals surface area contributed by atoms with Gasteiger partial charge < -0.3 is 5.73 Å². The Morgan fingerprint density at radius 1 is 1.62 bits per heavy atom. The molecule has 3 nitrogen and oxygen atoms in total. The molecule has 0 amide bonds. The Hall–Kier alpha value is -1.22. The predicted molar refractivity (Wildman–Crippen MR) is 55.1 cm³/mol. The van der Waals surface area contributed by atoms with E-state index in [9.17, 15) is 4.79 Å². The third-order valence-electron chi connectivity index (χ3n) is 1.39. The molecule has 1 aromatic carbocycles. The normalized spacial score (nSPS) is 9.00. The van der Waals surface area contributed by atoms with Gasteiger partial charge in [0.25, 0.3) is 0 Å². The average Bonchev–Trinajstić information content (AvgIpc) is 2.04. The molecule has 0 saturated carbocycles. The molecule has 0 aliphatic carbocycles. The fourth-order valence-corrected chi connectivity index (χ4v) is 1.34. The number of hydrogen-bond donors (Lipinski definition) is 1.